The molecule has 0 aromatic carbocycles. The molecule has 17 heavy (non-hydrogen) atoms. The SMILES string of the molecule is CC1CN(CC2(C=O)CCOCC2)CC(C)O1. The number of aldehydes is 1. The highest BCUT2D eigenvalue weighted by Crippen LogP contribution is 2.30. The van der Waals surface area contributed by atoms with Gasteiger partial charge in [0.2, 0.25) is 0 Å². The van der Waals surface area contributed by atoms with E-state index >= 15 is 0 Å². The first-order valence-corrected chi connectivity index (χ1v) is 6.55. The van der Waals surface area contributed by atoms with E-state index in [1.54, 1.807) is 0 Å². The van der Waals surface area contributed by atoms with Crippen molar-refractivity contribution in [3.8, 4) is 0 Å². The first-order chi connectivity index (χ1) is 8.13. The normalized spacial score (nSPS) is 34.5. The lowest BCUT2D eigenvalue weighted by Crippen LogP contribution is -2.51. The van der Waals surface area contributed by atoms with E-state index in [2.05, 4.69) is 18.7 Å². The Morgan fingerprint density at radius 2 is 1.82 bits per heavy atom. The minimum Gasteiger partial charge on any atom is -0.381 e. The number of hydrogen-bond donors (Lipinski definition) is 0. The number of nitrogens with zero attached hydrogens (tertiary/aromatic N) is 1. The van der Waals surface area contributed by atoms with Gasteiger partial charge in [-0.15, -0.1) is 0 Å². The third kappa shape index (κ3) is 3.27. The summed E-state index contributed by atoms with van der Waals surface area (Å²) in [4.78, 5) is 13.8. The van der Waals surface area contributed by atoms with E-state index in [1.807, 2.05) is 0 Å². The van der Waals surface area contributed by atoms with Crippen LogP contribution in [0.3, 0.4) is 0 Å². The minimum absolute atomic E-state index is 0.185. The lowest BCUT2D eigenvalue weighted by Gasteiger charge is -2.41. The molecule has 2 atom stereocenters. The van der Waals surface area contributed by atoms with Gasteiger partial charge in [0.05, 0.1) is 12.2 Å². The summed E-state index contributed by atoms with van der Waals surface area (Å²) >= 11 is 0. The molecular weight excluding hydrogens is 218 g/mol. The maximum atomic E-state index is 11.4. The Hall–Kier alpha value is -0.450. The van der Waals surface area contributed by atoms with Crippen LogP contribution in [0.25, 0.3) is 0 Å². The predicted molar refractivity (Wildman–Crippen MR) is 65.0 cm³/mol. The van der Waals surface area contributed by atoms with Gasteiger partial charge in [-0.2, -0.15) is 0 Å². The van der Waals surface area contributed by atoms with E-state index in [4.69, 9.17) is 9.47 Å². The Morgan fingerprint density at radius 3 is 2.35 bits per heavy atom. The maximum absolute atomic E-state index is 11.4. The first kappa shape index (κ1) is 13.0. The second kappa shape index (κ2) is 5.46. The monoisotopic (exact) mass is 241 g/mol. The van der Waals surface area contributed by atoms with E-state index in [0.29, 0.717) is 13.2 Å². The number of rotatable bonds is 3. The second-order valence-electron chi connectivity index (χ2n) is 5.54. The largest absolute Gasteiger partial charge is 0.381 e. The van der Waals surface area contributed by atoms with Crippen molar-refractivity contribution in [1.82, 2.24) is 4.90 Å². The Balaban J connectivity index is 1.95. The molecule has 0 saturated carbocycles. The zero-order valence-corrected chi connectivity index (χ0v) is 10.9. The average Bonchev–Trinajstić information content (AvgIpc) is 2.29. The highest BCUT2D eigenvalue weighted by Gasteiger charge is 2.36. The summed E-state index contributed by atoms with van der Waals surface area (Å²) < 4.78 is 11.1. The summed E-state index contributed by atoms with van der Waals surface area (Å²) in [5.41, 5.74) is -0.185. The summed E-state index contributed by atoms with van der Waals surface area (Å²) in [5, 5.41) is 0. The standard InChI is InChI=1S/C13H23NO3/c1-11-7-14(8-12(2)17-11)9-13(10-15)3-5-16-6-4-13/h10-12H,3-9H2,1-2H3. The third-order valence-corrected chi connectivity index (χ3v) is 3.77. The van der Waals surface area contributed by atoms with Crippen LogP contribution in [0.2, 0.25) is 0 Å². The quantitative estimate of drug-likeness (QED) is 0.693. The van der Waals surface area contributed by atoms with Crippen LogP contribution >= 0.6 is 0 Å². The van der Waals surface area contributed by atoms with Crippen LogP contribution in [-0.2, 0) is 14.3 Å². The molecule has 2 aliphatic rings. The van der Waals surface area contributed by atoms with Gasteiger partial charge in [-0.25, -0.2) is 0 Å². The maximum Gasteiger partial charge on any atom is 0.127 e. The fraction of sp³-hybridized carbons (Fsp3) is 0.923. The summed E-state index contributed by atoms with van der Waals surface area (Å²) in [6, 6.07) is 0. The van der Waals surface area contributed by atoms with Crippen LogP contribution < -0.4 is 0 Å². The molecular formula is C13H23NO3. The van der Waals surface area contributed by atoms with Gasteiger partial charge in [-0.3, -0.25) is 4.90 Å². The molecule has 2 fully saturated rings. The Bertz CT molecular complexity index is 253. The number of carbonyl (C=O) groups is 1. The van der Waals surface area contributed by atoms with Crippen molar-refractivity contribution < 1.29 is 14.3 Å². The molecule has 0 spiro atoms. The predicted octanol–water partition coefficient (Wildman–Crippen LogP) is 1.09. The van der Waals surface area contributed by atoms with Crippen molar-refractivity contribution >= 4 is 6.29 Å². The van der Waals surface area contributed by atoms with Crippen LogP contribution in [0.1, 0.15) is 26.7 Å². The molecule has 2 saturated heterocycles. The smallest absolute Gasteiger partial charge is 0.127 e. The van der Waals surface area contributed by atoms with E-state index in [9.17, 15) is 4.79 Å². The van der Waals surface area contributed by atoms with Gasteiger partial charge in [0.1, 0.15) is 6.29 Å². The molecule has 4 heteroatoms. The van der Waals surface area contributed by atoms with Crippen molar-refractivity contribution in [3.63, 3.8) is 0 Å². The summed E-state index contributed by atoms with van der Waals surface area (Å²) in [5.74, 6) is 0. The van der Waals surface area contributed by atoms with E-state index in [0.717, 1.165) is 38.8 Å². The van der Waals surface area contributed by atoms with Crippen LogP contribution in [0.5, 0.6) is 0 Å². The van der Waals surface area contributed by atoms with Crippen molar-refractivity contribution in [2.24, 2.45) is 5.41 Å². The highest BCUT2D eigenvalue weighted by atomic mass is 16.5. The molecule has 4 nitrogen and oxygen atoms in total. The van der Waals surface area contributed by atoms with Crippen molar-refractivity contribution in [2.75, 3.05) is 32.8 Å². The van der Waals surface area contributed by atoms with Crippen LogP contribution in [0.4, 0.5) is 0 Å². The van der Waals surface area contributed by atoms with Gasteiger partial charge in [0.15, 0.2) is 0 Å². The van der Waals surface area contributed by atoms with Gasteiger partial charge in [0.25, 0.3) is 0 Å². The van der Waals surface area contributed by atoms with Gasteiger partial charge in [0, 0.05) is 38.3 Å². The molecule has 0 aliphatic carbocycles. The Labute approximate surface area is 103 Å². The molecule has 98 valence electrons. The number of morpholine rings is 1. The number of hydrogen-bond acceptors (Lipinski definition) is 4. The molecule has 2 unspecified atom stereocenters. The number of ether oxygens (including phenoxy) is 2. The molecule has 0 N–H and O–H groups in total. The van der Waals surface area contributed by atoms with Crippen molar-refractivity contribution in [3.05, 3.63) is 0 Å². The van der Waals surface area contributed by atoms with E-state index < -0.39 is 0 Å². The van der Waals surface area contributed by atoms with Gasteiger partial charge < -0.3 is 14.3 Å². The highest BCUT2D eigenvalue weighted by molar-refractivity contribution is 5.60. The summed E-state index contributed by atoms with van der Waals surface area (Å²) in [7, 11) is 0. The molecule has 0 amide bonds. The number of carbonyl (C=O) groups excluding carboxylic acids is 1. The fourth-order valence-electron chi connectivity index (χ4n) is 2.95. The molecule has 0 bridgehead atoms. The zero-order chi connectivity index (χ0) is 12.3. The second-order valence-corrected chi connectivity index (χ2v) is 5.54. The Morgan fingerprint density at radius 1 is 1.24 bits per heavy atom. The lowest BCUT2D eigenvalue weighted by molar-refractivity contribution is -0.127. The molecule has 0 aromatic rings. The fourth-order valence-corrected chi connectivity index (χ4v) is 2.95. The van der Waals surface area contributed by atoms with E-state index in [1.165, 1.54) is 0 Å². The zero-order valence-electron chi connectivity index (χ0n) is 10.9. The topological polar surface area (TPSA) is 38.8 Å². The summed E-state index contributed by atoms with van der Waals surface area (Å²) in [6.45, 7) is 8.35. The van der Waals surface area contributed by atoms with Crippen LogP contribution in [0, 0.1) is 5.41 Å². The molecule has 2 heterocycles. The van der Waals surface area contributed by atoms with Gasteiger partial charge in [-0.1, -0.05) is 0 Å². The summed E-state index contributed by atoms with van der Waals surface area (Å²) in [6.07, 6.45) is 3.40. The third-order valence-electron chi connectivity index (χ3n) is 3.77. The van der Waals surface area contributed by atoms with E-state index in [-0.39, 0.29) is 17.6 Å². The van der Waals surface area contributed by atoms with Crippen LogP contribution in [-0.4, -0.2) is 56.2 Å². The van der Waals surface area contributed by atoms with Crippen LogP contribution in [0.15, 0.2) is 0 Å². The molecule has 0 radical (unpaired) electrons. The van der Waals surface area contributed by atoms with Gasteiger partial charge in [-0.05, 0) is 26.7 Å². The lowest BCUT2D eigenvalue weighted by atomic mass is 9.81. The van der Waals surface area contributed by atoms with Crippen molar-refractivity contribution in [1.29, 1.82) is 0 Å². The molecule has 0 aromatic heterocycles. The first-order valence-electron chi connectivity index (χ1n) is 6.55. The Kier molecular flexibility index (Phi) is 4.17. The average molecular weight is 241 g/mol. The van der Waals surface area contributed by atoms with Crippen molar-refractivity contribution in [2.45, 2.75) is 38.9 Å². The minimum atomic E-state index is -0.185. The molecule has 2 aliphatic heterocycles. The molecule has 2 rings (SSSR count). The van der Waals surface area contributed by atoms with Gasteiger partial charge >= 0.3 is 0 Å².